The minimum Gasteiger partial charge on any atom is -0.324 e. The Kier molecular flexibility index (Phi) is 4.32. The number of hydrogen-bond donors (Lipinski definition) is 1. The molecule has 1 aliphatic rings. The number of carbonyl (C=O) groups is 1. The zero-order valence-electron chi connectivity index (χ0n) is 13.8. The van der Waals surface area contributed by atoms with Crippen molar-refractivity contribution in [1.29, 1.82) is 0 Å². The zero-order chi connectivity index (χ0) is 19.2. The lowest BCUT2D eigenvalue weighted by molar-refractivity contribution is -0.116. The molecule has 0 spiro atoms. The van der Waals surface area contributed by atoms with E-state index in [2.05, 4.69) is 5.32 Å². The van der Waals surface area contributed by atoms with Gasteiger partial charge in [0.05, 0.1) is 10.6 Å². The average molecular weight is 405 g/mol. The number of benzene rings is 2. The summed E-state index contributed by atoms with van der Waals surface area (Å²) in [7, 11) is -3.82. The summed E-state index contributed by atoms with van der Waals surface area (Å²) in [4.78, 5) is 12.9. The second-order valence-electron chi connectivity index (χ2n) is 6.13. The van der Waals surface area contributed by atoms with Gasteiger partial charge >= 0.3 is 0 Å². The normalized spacial score (nSPS) is 16.7. The second kappa shape index (κ2) is 6.54. The van der Waals surface area contributed by atoms with Gasteiger partial charge in [0.1, 0.15) is 4.90 Å². The van der Waals surface area contributed by atoms with Crippen LogP contribution in [0, 0.1) is 11.6 Å². The van der Waals surface area contributed by atoms with E-state index in [-0.39, 0.29) is 27.8 Å². The molecule has 0 aliphatic carbocycles. The molecule has 4 nitrogen and oxygen atoms in total. The fourth-order valence-corrected chi connectivity index (χ4v) is 6.06. The Morgan fingerprint density at radius 2 is 1.78 bits per heavy atom. The molecule has 0 fully saturated rings. The number of carbonyl (C=O) groups excluding carboxylic acids is 1. The molecule has 2 heterocycles. The highest BCUT2D eigenvalue weighted by Crippen LogP contribution is 2.45. The molecule has 2 aromatic carbocycles. The lowest BCUT2D eigenvalue weighted by atomic mass is 9.90. The van der Waals surface area contributed by atoms with Crippen LogP contribution in [0.5, 0.6) is 0 Å². The fourth-order valence-electron chi connectivity index (χ4n) is 3.13. The molecule has 1 amide bonds. The first-order chi connectivity index (χ1) is 12.9. The van der Waals surface area contributed by atoms with Gasteiger partial charge in [-0.05, 0) is 29.8 Å². The molecule has 0 radical (unpaired) electrons. The molecule has 4 rings (SSSR count). The number of sulfone groups is 1. The Morgan fingerprint density at radius 3 is 2.48 bits per heavy atom. The Morgan fingerprint density at radius 1 is 1.04 bits per heavy atom. The third kappa shape index (κ3) is 3.04. The van der Waals surface area contributed by atoms with Crippen LogP contribution in [-0.4, -0.2) is 14.3 Å². The second-order valence-corrected chi connectivity index (χ2v) is 8.96. The zero-order valence-corrected chi connectivity index (χ0v) is 15.4. The van der Waals surface area contributed by atoms with Gasteiger partial charge in [-0.15, -0.1) is 11.3 Å². The maximum Gasteiger partial charge on any atom is 0.225 e. The predicted molar refractivity (Wildman–Crippen MR) is 97.7 cm³/mol. The van der Waals surface area contributed by atoms with Gasteiger partial charge in [0.15, 0.2) is 11.6 Å². The van der Waals surface area contributed by atoms with Gasteiger partial charge < -0.3 is 5.32 Å². The number of nitrogens with one attached hydrogen (secondary N) is 1. The standard InChI is InChI=1S/C19H13F2NO3S2/c20-14-7-6-11(8-15(14)21)13-9-17(23)22-18-16(10-26-19(13)18)27(24,25)12-4-2-1-3-5-12/h1-8,10,13H,9H2,(H,22,23). The first-order valence-corrected chi connectivity index (χ1v) is 10.4. The van der Waals surface area contributed by atoms with E-state index in [0.717, 1.165) is 12.1 Å². The number of halogens is 2. The quantitative estimate of drug-likeness (QED) is 0.705. The molecule has 27 heavy (non-hydrogen) atoms. The van der Waals surface area contributed by atoms with Crippen LogP contribution >= 0.6 is 11.3 Å². The van der Waals surface area contributed by atoms with Crippen LogP contribution in [0.25, 0.3) is 0 Å². The van der Waals surface area contributed by atoms with E-state index in [4.69, 9.17) is 0 Å². The highest BCUT2D eigenvalue weighted by atomic mass is 32.2. The predicted octanol–water partition coefficient (Wildman–Crippen LogP) is 4.33. The highest BCUT2D eigenvalue weighted by molar-refractivity contribution is 7.91. The number of amides is 1. The first-order valence-electron chi connectivity index (χ1n) is 8.04. The summed E-state index contributed by atoms with van der Waals surface area (Å²) < 4.78 is 52.8. The molecule has 0 saturated heterocycles. The molecular weight excluding hydrogens is 392 g/mol. The van der Waals surface area contributed by atoms with E-state index >= 15 is 0 Å². The molecule has 1 atom stereocenters. The van der Waals surface area contributed by atoms with Gasteiger partial charge in [-0.1, -0.05) is 24.3 Å². The van der Waals surface area contributed by atoms with Crippen molar-refractivity contribution >= 4 is 32.8 Å². The van der Waals surface area contributed by atoms with Crippen molar-refractivity contribution in [2.75, 3.05) is 5.32 Å². The minimum absolute atomic E-state index is 0.00864. The summed E-state index contributed by atoms with van der Waals surface area (Å²) in [6.07, 6.45) is 0.0312. The van der Waals surface area contributed by atoms with Crippen molar-refractivity contribution in [1.82, 2.24) is 0 Å². The van der Waals surface area contributed by atoms with Crippen LogP contribution < -0.4 is 5.32 Å². The van der Waals surface area contributed by atoms with E-state index in [0.29, 0.717) is 10.4 Å². The smallest absolute Gasteiger partial charge is 0.225 e. The Labute approximate surface area is 158 Å². The van der Waals surface area contributed by atoms with Crippen molar-refractivity contribution in [3.63, 3.8) is 0 Å². The summed E-state index contributed by atoms with van der Waals surface area (Å²) in [5.41, 5.74) is 0.644. The average Bonchev–Trinajstić information content (AvgIpc) is 3.08. The third-order valence-electron chi connectivity index (χ3n) is 4.45. The summed E-state index contributed by atoms with van der Waals surface area (Å²) in [6, 6.07) is 11.4. The van der Waals surface area contributed by atoms with Gasteiger partial charge in [-0.2, -0.15) is 0 Å². The Balaban J connectivity index is 1.84. The van der Waals surface area contributed by atoms with Gasteiger partial charge in [-0.25, -0.2) is 17.2 Å². The Bertz CT molecular complexity index is 1140. The molecule has 138 valence electrons. The van der Waals surface area contributed by atoms with E-state index in [1.165, 1.54) is 34.9 Å². The number of hydrogen-bond acceptors (Lipinski definition) is 4. The van der Waals surface area contributed by atoms with E-state index in [1.54, 1.807) is 18.2 Å². The maximum absolute atomic E-state index is 13.7. The van der Waals surface area contributed by atoms with Crippen LogP contribution in [0.1, 0.15) is 22.8 Å². The Hall–Kier alpha value is -2.58. The maximum atomic E-state index is 13.7. The SMILES string of the molecule is O=C1CC(c2ccc(F)c(F)c2)c2scc(S(=O)(=O)c3ccccc3)c2N1. The van der Waals surface area contributed by atoms with Gasteiger partial charge in [0.25, 0.3) is 0 Å². The number of fused-ring (bicyclic) bond motifs is 1. The van der Waals surface area contributed by atoms with Crippen LogP contribution in [0.4, 0.5) is 14.5 Å². The van der Waals surface area contributed by atoms with E-state index in [1.807, 2.05) is 0 Å². The third-order valence-corrected chi connectivity index (χ3v) is 7.48. The van der Waals surface area contributed by atoms with E-state index < -0.39 is 27.4 Å². The molecule has 3 aromatic rings. The molecule has 8 heteroatoms. The molecular formula is C19H13F2NO3S2. The summed E-state index contributed by atoms with van der Waals surface area (Å²) in [5, 5.41) is 4.11. The van der Waals surface area contributed by atoms with Crippen LogP contribution in [0.15, 0.2) is 63.7 Å². The van der Waals surface area contributed by atoms with Gasteiger partial charge in [0.2, 0.25) is 15.7 Å². The fraction of sp³-hybridized carbons (Fsp3) is 0.105. The van der Waals surface area contributed by atoms with Crippen molar-refractivity contribution in [3.05, 3.63) is 76.0 Å². The lowest BCUT2D eigenvalue weighted by Gasteiger charge is -2.23. The summed E-state index contributed by atoms with van der Waals surface area (Å²) in [6.45, 7) is 0. The number of thiophene rings is 1. The summed E-state index contributed by atoms with van der Waals surface area (Å²) >= 11 is 1.18. The molecule has 0 saturated carbocycles. The summed E-state index contributed by atoms with van der Waals surface area (Å²) in [5.74, 6) is -2.89. The molecule has 1 aliphatic heterocycles. The van der Waals surface area contributed by atoms with Crippen LogP contribution in [0.3, 0.4) is 0 Å². The number of rotatable bonds is 3. The molecule has 1 N–H and O–H groups in total. The first kappa shape index (κ1) is 17.8. The van der Waals surface area contributed by atoms with Crippen LogP contribution in [-0.2, 0) is 14.6 Å². The van der Waals surface area contributed by atoms with E-state index in [9.17, 15) is 22.0 Å². The molecule has 0 bridgehead atoms. The monoisotopic (exact) mass is 405 g/mol. The van der Waals surface area contributed by atoms with Crippen molar-refractivity contribution in [2.45, 2.75) is 22.1 Å². The van der Waals surface area contributed by atoms with Gasteiger partial charge in [0, 0.05) is 22.6 Å². The largest absolute Gasteiger partial charge is 0.324 e. The lowest BCUT2D eigenvalue weighted by Crippen LogP contribution is -2.23. The van der Waals surface area contributed by atoms with Crippen molar-refractivity contribution in [2.24, 2.45) is 0 Å². The molecule has 1 unspecified atom stereocenters. The molecule has 1 aromatic heterocycles. The topological polar surface area (TPSA) is 63.2 Å². The van der Waals surface area contributed by atoms with Crippen molar-refractivity contribution in [3.8, 4) is 0 Å². The van der Waals surface area contributed by atoms with Crippen molar-refractivity contribution < 1.29 is 22.0 Å². The van der Waals surface area contributed by atoms with Gasteiger partial charge in [-0.3, -0.25) is 4.79 Å². The highest BCUT2D eigenvalue weighted by Gasteiger charge is 2.34. The number of anilines is 1. The van der Waals surface area contributed by atoms with Crippen LogP contribution in [0.2, 0.25) is 0 Å². The minimum atomic E-state index is -3.82.